The van der Waals surface area contributed by atoms with Crippen molar-refractivity contribution in [1.29, 1.82) is 0 Å². The fourth-order valence-electron chi connectivity index (χ4n) is 2.43. The van der Waals surface area contributed by atoms with Crippen molar-refractivity contribution in [1.82, 2.24) is 5.32 Å². The first-order chi connectivity index (χ1) is 11.2. The molecule has 1 aromatic rings. The molecule has 2 rings (SSSR count). The van der Waals surface area contributed by atoms with Gasteiger partial charge in [-0.25, -0.2) is 13.2 Å². The number of aryl methyl sites for hydroxylation is 1. The average molecular weight is 351 g/mol. The number of sulfone groups is 1. The summed E-state index contributed by atoms with van der Waals surface area (Å²) in [5, 5.41) is 2.60. The lowest BCUT2D eigenvalue weighted by Crippen LogP contribution is -2.42. The van der Waals surface area contributed by atoms with E-state index in [4.69, 9.17) is 4.74 Å². The fourth-order valence-corrected chi connectivity index (χ4v) is 4.11. The van der Waals surface area contributed by atoms with E-state index in [1.807, 2.05) is 31.2 Å². The van der Waals surface area contributed by atoms with Crippen molar-refractivity contribution in [2.24, 2.45) is 0 Å². The summed E-state index contributed by atoms with van der Waals surface area (Å²) in [5.74, 6) is -1.11. The lowest BCUT2D eigenvalue weighted by atomic mass is 10.1. The standard InChI is InChI=1S/C17H21NO5S/c1-12-4-3-5-14(10-12)6-7-16(19)23-13(2)17(20)18-15-8-9-24(21,22)11-15/h3-7,10,13,15H,8-9,11H2,1-2H3,(H,18,20)/b7-6+/t13-,15-/m1/s1. The van der Waals surface area contributed by atoms with Crippen LogP contribution in [0.1, 0.15) is 24.5 Å². The number of hydrogen-bond donors (Lipinski definition) is 1. The summed E-state index contributed by atoms with van der Waals surface area (Å²) in [6.07, 6.45) is 2.28. The van der Waals surface area contributed by atoms with Crippen LogP contribution in [-0.4, -0.2) is 43.9 Å². The number of hydrogen-bond acceptors (Lipinski definition) is 5. The summed E-state index contributed by atoms with van der Waals surface area (Å²) in [6.45, 7) is 3.41. The first-order valence-electron chi connectivity index (χ1n) is 7.71. The van der Waals surface area contributed by atoms with Gasteiger partial charge in [-0.3, -0.25) is 4.79 Å². The summed E-state index contributed by atoms with van der Waals surface area (Å²) in [5.41, 5.74) is 1.94. The smallest absolute Gasteiger partial charge is 0.331 e. The molecule has 0 spiro atoms. The van der Waals surface area contributed by atoms with Crippen molar-refractivity contribution in [3.8, 4) is 0 Å². The average Bonchev–Trinajstić information content (AvgIpc) is 2.84. The maximum Gasteiger partial charge on any atom is 0.331 e. The Morgan fingerprint density at radius 2 is 2.12 bits per heavy atom. The highest BCUT2D eigenvalue weighted by Gasteiger charge is 2.30. The third-order valence-corrected chi connectivity index (χ3v) is 5.46. The number of esters is 1. The van der Waals surface area contributed by atoms with Gasteiger partial charge in [-0.05, 0) is 31.9 Å². The number of nitrogens with one attached hydrogen (secondary N) is 1. The molecule has 0 radical (unpaired) electrons. The van der Waals surface area contributed by atoms with Crippen molar-refractivity contribution in [3.63, 3.8) is 0 Å². The molecule has 2 atom stereocenters. The Morgan fingerprint density at radius 1 is 1.38 bits per heavy atom. The summed E-state index contributed by atoms with van der Waals surface area (Å²) < 4.78 is 27.8. The summed E-state index contributed by atoms with van der Waals surface area (Å²) >= 11 is 0. The van der Waals surface area contributed by atoms with Crippen molar-refractivity contribution in [2.45, 2.75) is 32.4 Å². The van der Waals surface area contributed by atoms with E-state index < -0.39 is 33.9 Å². The van der Waals surface area contributed by atoms with Crippen LogP contribution >= 0.6 is 0 Å². The summed E-state index contributed by atoms with van der Waals surface area (Å²) in [6, 6.07) is 7.19. The van der Waals surface area contributed by atoms with E-state index in [9.17, 15) is 18.0 Å². The molecule has 0 aliphatic carbocycles. The van der Waals surface area contributed by atoms with E-state index in [1.165, 1.54) is 13.0 Å². The van der Waals surface area contributed by atoms with Crippen LogP contribution in [0.25, 0.3) is 6.08 Å². The summed E-state index contributed by atoms with van der Waals surface area (Å²) in [7, 11) is -3.07. The lowest BCUT2D eigenvalue weighted by Gasteiger charge is -2.15. The maximum absolute atomic E-state index is 12.0. The van der Waals surface area contributed by atoms with E-state index in [0.29, 0.717) is 6.42 Å². The third-order valence-electron chi connectivity index (χ3n) is 3.69. The van der Waals surface area contributed by atoms with E-state index in [1.54, 1.807) is 6.08 Å². The molecular formula is C17H21NO5S. The highest BCUT2D eigenvalue weighted by molar-refractivity contribution is 7.91. The fraction of sp³-hybridized carbons (Fsp3) is 0.412. The van der Waals surface area contributed by atoms with Gasteiger partial charge in [0, 0.05) is 12.1 Å². The number of ether oxygens (including phenoxy) is 1. The van der Waals surface area contributed by atoms with E-state index in [-0.39, 0.29) is 11.5 Å². The van der Waals surface area contributed by atoms with Crippen LogP contribution in [0.15, 0.2) is 30.3 Å². The Hall–Kier alpha value is -2.15. The quantitative estimate of drug-likeness (QED) is 0.637. The Morgan fingerprint density at radius 3 is 2.75 bits per heavy atom. The number of carbonyl (C=O) groups excluding carboxylic acids is 2. The van der Waals surface area contributed by atoms with Crippen LogP contribution in [-0.2, 0) is 24.2 Å². The zero-order valence-corrected chi connectivity index (χ0v) is 14.5. The molecule has 1 fully saturated rings. The third kappa shape index (κ3) is 5.49. The molecule has 0 aromatic heterocycles. The van der Waals surface area contributed by atoms with Gasteiger partial charge in [0.25, 0.3) is 5.91 Å². The van der Waals surface area contributed by atoms with E-state index >= 15 is 0 Å². The molecule has 7 heteroatoms. The molecule has 1 amide bonds. The first kappa shape index (κ1) is 18.2. The number of benzene rings is 1. The van der Waals surface area contributed by atoms with Gasteiger partial charge >= 0.3 is 5.97 Å². The predicted octanol–water partition coefficient (Wildman–Crippen LogP) is 1.24. The SMILES string of the molecule is Cc1cccc(/C=C/C(=O)O[C@H](C)C(=O)N[C@@H]2CCS(=O)(=O)C2)c1. The van der Waals surface area contributed by atoms with Gasteiger partial charge in [-0.2, -0.15) is 0 Å². The van der Waals surface area contributed by atoms with Gasteiger partial charge in [-0.1, -0.05) is 29.8 Å². The van der Waals surface area contributed by atoms with Crippen molar-refractivity contribution in [3.05, 3.63) is 41.5 Å². The van der Waals surface area contributed by atoms with Crippen LogP contribution in [0.2, 0.25) is 0 Å². The Balaban J connectivity index is 1.83. The van der Waals surface area contributed by atoms with Gasteiger partial charge < -0.3 is 10.1 Å². The second-order valence-electron chi connectivity index (χ2n) is 5.94. The second kappa shape index (κ2) is 7.61. The molecular weight excluding hydrogens is 330 g/mol. The molecule has 0 bridgehead atoms. The number of rotatable bonds is 5. The molecule has 6 nitrogen and oxygen atoms in total. The highest BCUT2D eigenvalue weighted by Crippen LogP contribution is 2.12. The first-order valence-corrected chi connectivity index (χ1v) is 9.53. The van der Waals surface area contributed by atoms with Crippen molar-refractivity contribution in [2.75, 3.05) is 11.5 Å². The molecule has 1 saturated heterocycles. The topological polar surface area (TPSA) is 89.5 Å². The Kier molecular flexibility index (Phi) is 5.77. The van der Waals surface area contributed by atoms with E-state index in [2.05, 4.69) is 5.32 Å². The molecule has 24 heavy (non-hydrogen) atoms. The molecule has 0 saturated carbocycles. The van der Waals surface area contributed by atoms with Gasteiger partial charge in [0.05, 0.1) is 11.5 Å². The molecule has 1 N–H and O–H groups in total. The Bertz CT molecular complexity index is 754. The maximum atomic E-state index is 12.0. The molecule has 1 aliphatic heterocycles. The minimum absolute atomic E-state index is 0.0628. The van der Waals surface area contributed by atoms with Crippen LogP contribution < -0.4 is 5.32 Å². The minimum Gasteiger partial charge on any atom is -0.449 e. The number of carbonyl (C=O) groups is 2. The van der Waals surface area contributed by atoms with Crippen LogP contribution in [0.4, 0.5) is 0 Å². The van der Waals surface area contributed by atoms with Crippen LogP contribution in [0, 0.1) is 6.92 Å². The van der Waals surface area contributed by atoms with Gasteiger partial charge in [-0.15, -0.1) is 0 Å². The minimum atomic E-state index is -3.07. The molecule has 130 valence electrons. The Labute approximate surface area is 141 Å². The molecule has 0 unspecified atom stereocenters. The van der Waals surface area contributed by atoms with Crippen LogP contribution in [0.3, 0.4) is 0 Å². The summed E-state index contributed by atoms with van der Waals surface area (Å²) in [4.78, 5) is 23.7. The monoisotopic (exact) mass is 351 g/mol. The normalized spacial score (nSPS) is 20.7. The van der Waals surface area contributed by atoms with Crippen molar-refractivity contribution >= 4 is 27.8 Å². The largest absolute Gasteiger partial charge is 0.449 e. The van der Waals surface area contributed by atoms with Gasteiger partial charge in [0.1, 0.15) is 0 Å². The van der Waals surface area contributed by atoms with Gasteiger partial charge in [0.2, 0.25) is 0 Å². The molecule has 1 aliphatic rings. The van der Waals surface area contributed by atoms with Crippen molar-refractivity contribution < 1.29 is 22.7 Å². The van der Waals surface area contributed by atoms with E-state index in [0.717, 1.165) is 11.1 Å². The molecule has 1 heterocycles. The second-order valence-corrected chi connectivity index (χ2v) is 8.16. The number of amides is 1. The van der Waals surface area contributed by atoms with Crippen LogP contribution in [0.5, 0.6) is 0 Å². The zero-order chi connectivity index (χ0) is 17.7. The lowest BCUT2D eigenvalue weighted by molar-refractivity contribution is -0.150. The van der Waals surface area contributed by atoms with Gasteiger partial charge in [0.15, 0.2) is 15.9 Å². The molecule has 1 aromatic carbocycles. The zero-order valence-electron chi connectivity index (χ0n) is 13.7. The highest BCUT2D eigenvalue weighted by atomic mass is 32.2. The predicted molar refractivity (Wildman–Crippen MR) is 91.0 cm³/mol.